The van der Waals surface area contributed by atoms with Crippen LogP contribution in [-0.2, 0) is 0 Å². The van der Waals surface area contributed by atoms with Crippen molar-refractivity contribution in [2.45, 2.75) is 18.4 Å². The first-order valence-electron chi connectivity index (χ1n) is 8.53. The molecule has 0 bridgehead atoms. The van der Waals surface area contributed by atoms with E-state index < -0.39 is 9.85 Å². The molecule has 27 heavy (non-hydrogen) atoms. The molecule has 1 heterocycles. The number of hydrogen-bond acceptors (Lipinski definition) is 6. The number of nitro benzene ring substituents is 2. The van der Waals surface area contributed by atoms with Crippen LogP contribution in [0.1, 0.15) is 29.5 Å². The van der Waals surface area contributed by atoms with Gasteiger partial charge in [-0.1, -0.05) is 24.3 Å². The van der Waals surface area contributed by atoms with Gasteiger partial charge < -0.3 is 10.1 Å². The molecule has 1 aliphatic heterocycles. The van der Waals surface area contributed by atoms with Gasteiger partial charge in [0, 0.05) is 24.1 Å². The Kier molecular flexibility index (Phi) is 4.02. The normalized spacial score (nSPS) is 22.5. The van der Waals surface area contributed by atoms with Crippen LogP contribution in [0.4, 0.5) is 17.1 Å². The largest absolute Gasteiger partial charge is 0.494 e. The molecular formula is C19H17N3O5. The fourth-order valence-electron chi connectivity index (χ4n) is 4.08. The molecule has 0 saturated heterocycles. The topological polar surface area (TPSA) is 108 Å². The number of methoxy groups -OCH3 is 1. The molecule has 0 aromatic heterocycles. The van der Waals surface area contributed by atoms with Gasteiger partial charge in [-0.05, 0) is 23.5 Å². The maximum atomic E-state index is 11.3. The molecular weight excluding hydrogens is 350 g/mol. The molecule has 2 aliphatic rings. The average molecular weight is 367 g/mol. The summed E-state index contributed by atoms with van der Waals surface area (Å²) < 4.78 is 5.40. The second-order valence-electron chi connectivity index (χ2n) is 6.70. The summed E-state index contributed by atoms with van der Waals surface area (Å²) in [5, 5.41) is 25.9. The van der Waals surface area contributed by atoms with E-state index in [9.17, 15) is 20.2 Å². The van der Waals surface area contributed by atoms with Gasteiger partial charge in [0.25, 0.3) is 11.4 Å². The smallest absolute Gasteiger partial charge is 0.273 e. The van der Waals surface area contributed by atoms with Gasteiger partial charge in [-0.25, -0.2) is 0 Å². The van der Waals surface area contributed by atoms with E-state index in [0.717, 1.165) is 17.5 Å². The lowest BCUT2D eigenvalue weighted by Crippen LogP contribution is -2.29. The summed E-state index contributed by atoms with van der Waals surface area (Å²) in [6.07, 6.45) is 4.90. The van der Waals surface area contributed by atoms with Crippen LogP contribution in [0.15, 0.2) is 48.6 Å². The molecule has 0 radical (unpaired) electrons. The minimum Gasteiger partial charge on any atom is -0.494 e. The van der Waals surface area contributed by atoms with E-state index in [4.69, 9.17) is 4.74 Å². The number of ether oxygens (including phenoxy) is 1. The van der Waals surface area contributed by atoms with Gasteiger partial charge in [0.2, 0.25) is 0 Å². The molecule has 1 N–H and O–H groups in total. The lowest BCUT2D eigenvalue weighted by atomic mass is 9.76. The third-order valence-electron chi connectivity index (χ3n) is 5.29. The molecule has 2 aromatic rings. The Labute approximate surface area is 154 Å². The first kappa shape index (κ1) is 17.0. The maximum Gasteiger partial charge on any atom is 0.273 e. The van der Waals surface area contributed by atoms with E-state index in [1.54, 1.807) is 18.2 Å². The number of allylic oxidation sites excluding steroid dienone is 2. The number of rotatable bonds is 4. The van der Waals surface area contributed by atoms with Crippen LogP contribution in [0.2, 0.25) is 0 Å². The number of fused-ring (bicyclic) bond motifs is 3. The molecule has 4 rings (SSSR count). The molecule has 0 amide bonds. The highest BCUT2D eigenvalue weighted by molar-refractivity contribution is 5.71. The SMILES string of the molecule is COc1cc([N+](=O)[O-])cc2c1N[C@H](c1cccc([N+](=O)[O-])c1)[C@H]1CC=C[C@@H]21. The van der Waals surface area contributed by atoms with Crippen LogP contribution in [-0.4, -0.2) is 17.0 Å². The Morgan fingerprint density at radius 2 is 1.89 bits per heavy atom. The second-order valence-corrected chi connectivity index (χ2v) is 6.70. The summed E-state index contributed by atoms with van der Waals surface area (Å²) >= 11 is 0. The predicted molar refractivity (Wildman–Crippen MR) is 99.1 cm³/mol. The zero-order valence-electron chi connectivity index (χ0n) is 14.5. The Morgan fingerprint density at radius 1 is 1.11 bits per heavy atom. The first-order chi connectivity index (χ1) is 13.0. The van der Waals surface area contributed by atoms with Crippen molar-refractivity contribution in [3.05, 3.63) is 79.9 Å². The molecule has 8 heteroatoms. The van der Waals surface area contributed by atoms with Crippen LogP contribution >= 0.6 is 0 Å². The van der Waals surface area contributed by atoms with Gasteiger partial charge in [0.15, 0.2) is 0 Å². The van der Waals surface area contributed by atoms with Crippen molar-refractivity contribution >= 4 is 17.1 Å². The van der Waals surface area contributed by atoms with Gasteiger partial charge in [0.05, 0.1) is 34.8 Å². The Morgan fingerprint density at radius 3 is 2.59 bits per heavy atom. The van der Waals surface area contributed by atoms with Crippen molar-refractivity contribution in [2.24, 2.45) is 5.92 Å². The van der Waals surface area contributed by atoms with Crippen molar-refractivity contribution in [2.75, 3.05) is 12.4 Å². The van der Waals surface area contributed by atoms with Crippen molar-refractivity contribution < 1.29 is 14.6 Å². The summed E-state index contributed by atoms with van der Waals surface area (Å²) in [6, 6.07) is 9.41. The molecule has 0 saturated carbocycles. The van der Waals surface area contributed by atoms with Crippen LogP contribution < -0.4 is 10.1 Å². The van der Waals surface area contributed by atoms with E-state index in [-0.39, 0.29) is 29.3 Å². The minimum absolute atomic E-state index is 0.0137. The summed E-state index contributed by atoms with van der Waals surface area (Å²) in [5.41, 5.74) is 2.36. The highest BCUT2D eigenvalue weighted by Crippen LogP contribution is 2.53. The summed E-state index contributed by atoms with van der Waals surface area (Å²) in [5.74, 6) is 0.499. The third kappa shape index (κ3) is 2.79. The highest BCUT2D eigenvalue weighted by atomic mass is 16.6. The predicted octanol–water partition coefficient (Wildman–Crippen LogP) is 4.34. The average Bonchev–Trinajstić information content (AvgIpc) is 3.16. The van der Waals surface area contributed by atoms with Crippen LogP contribution in [0.25, 0.3) is 0 Å². The Bertz CT molecular complexity index is 972. The number of nitro groups is 2. The zero-order chi connectivity index (χ0) is 19.1. The summed E-state index contributed by atoms with van der Waals surface area (Å²) in [4.78, 5) is 21.6. The van der Waals surface area contributed by atoms with E-state index >= 15 is 0 Å². The highest BCUT2D eigenvalue weighted by Gasteiger charge is 2.40. The van der Waals surface area contributed by atoms with Crippen molar-refractivity contribution in [1.82, 2.24) is 0 Å². The summed E-state index contributed by atoms with van der Waals surface area (Å²) in [7, 11) is 1.47. The lowest BCUT2D eigenvalue weighted by Gasteiger charge is -2.37. The van der Waals surface area contributed by atoms with Crippen molar-refractivity contribution in [1.29, 1.82) is 0 Å². The molecule has 3 atom stereocenters. The Hall–Kier alpha value is -3.42. The number of non-ortho nitro benzene ring substituents is 2. The van der Waals surface area contributed by atoms with Crippen LogP contribution in [0.3, 0.4) is 0 Å². The first-order valence-corrected chi connectivity index (χ1v) is 8.53. The van der Waals surface area contributed by atoms with Gasteiger partial charge >= 0.3 is 0 Å². The van der Waals surface area contributed by atoms with E-state index in [2.05, 4.69) is 17.5 Å². The zero-order valence-corrected chi connectivity index (χ0v) is 14.5. The van der Waals surface area contributed by atoms with Gasteiger partial charge in [-0.2, -0.15) is 0 Å². The molecule has 0 unspecified atom stereocenters. The maximum absolute atomic E-state index is 11.3. The number of benzene rings is 2. The third-order valence-corrected chi connectivity index (χ3v) is 5.29. The van der Waals surface area contributed by atoms with Crippen molar-refractivity contribution in [3.63, 3.8) is 0 Å². The number of anilines is 1. The number of hydrogen-bond donors (Lipinski definition) is 1. The monoisotopic (exact) mass is 367 g/mol. The standard InChI is InChI=1S/C19H17N3O5/c1-27-17-10-13(22(25)26)9-16-14-6-3-7-15(14)18(20-19(16)17)11-4-2-5-12(8-11)21(23)24/h2-6,8-10,14-15,18,20H,7H2,1H3/t14-,15+,18-/m1/s1. The molecule has 138 valence electrons. The lowest BCUT2D eigenvalue weighted by molar-refractivity contribution is -0.385. The fourth-order valence-corrected chi connectivity index (χ4v) is 4.08. The molecule has 1 aliphatic carbocycles. The second kappa shape index (κ2) is 6.39. The molecule has 0 spiro atoms. The fraction of sp³-hybridized carbons (Fsp3) is 0.263. The van der Waals surface area contributed by atoms with Crippen LogP contribution in [0, 0.1) is 26.1 Å². The van der Waals surface area contributed by atoms with E-state index in [1.165, 1.54) is 19.2 Å². The van der Waals surface area contributed by atoms with Crippen LogP contribution in [0.5, 0.6) is 5.75 Å². The number of nitrogens with zero attached hydrogens (tertiary/aromatic N) is 2. The quantitative estimate of drug-likeness (QED) is 0.489. The molecule has 2 aromatic carbocycles. The molecule has 8 nitrogen and oxygen atoms in total. The molecule has 0 fully saturated rings. The van der Waals surface area contributed by atoms with E-state index in [0.29, 0.717) is 11.4 Å². The van der Waals surface area contributed by atoms with E-state index in [1.807, 2.05) is 6.07 Å². The number of nitrogens with one attached hydrogen (secondary N) is 1. The Balaban J connectivity index is 1.83. The van der Waals surface area contributed by atoms with Gasteiger partial charge in [-0.15, -0.1) is 0 Å². The van der Waals surface area contributed by atoms with Gasteiger partial charge in [-0.3, -0.25) is 20.2 Å². The minimum atomic E-state index is -0.427. The summed E-state index contributed by atoms with van der Waals surface area (Å²) in [6.45, 7) is 0. The van der Waals surface area contributed by atoms with Gasteiger partial charge in [0.1, 0.15) is 5.75 Å². The van der Waals surface area contributed by atoms with Crippen molar-refractivity contribution in [3.8, 4) is 5.75 Å².